The average Bonchev–Trinajstić information content (AvgIpc) is 2.81. The van der Waals surface area contributed by atoms with Crippen molar-refractivity contribution in [3.63, 3.8) is 0 Å². The molecule has 0 saturated carbocycles. The van der Waals surface area contributed by atoms with Gasteiger partial charge in [-0.25, -0.2) is 0 Å². The Morgan fingerprint density at radius 3 is 2.81 bits per heavy atom. The highest BCUT2D eigenvalue weighted by atomic mass is 32.2. The lowest BCUT2D eigenvalue weighted by Crippen LogP contribution is -2.15. The lowest BCUT2D eigenvalue weighted by molar-refractivity contribution is -0.113. The Hall–Kier alpha value is -1.86. The molecule has 2 rings (SSSR count). The lowest BCUT2D eigenvalue weighted by atomic mass is 10.1. The molecule has 1 aromatic carbocycles. The van der Waals surface area contributed by atoms with Crippen molar-refractivity contribution in [3.05, 3.63) is 35.2 Å². The second-order valence-electron chi connectivity index (χ2n) is 4.82. The summed E-state index contributed by atoms with van der Waals surface area (Å²) in [5.41, 5.74) is 8.55. The number of rotatable bonds is 5. The van der Waals surface area contributed by atoms with Crippen LogP contribution in [0.15, 0.2) is 23.4 Å². The standard InChI is InChI=1S/C14H19N5OS/c1-9-4-5-10(2)11(6-9)16-13(20)8-21-14-18-17-12(7-15)19(14)3/h4-6H,7-8,15H2,1-3H3,(H,16,20). The van der Waals surface area contributed by atoms with Crippen LogP contribution in [0.2, 0.25) is 0 Å². The average molecular weight is 305 g/mol. The van der Waals surface area contributed by atoms with E-state index in [9.17, 15) is 4.79 Å². The molecule has 2 aromatic rings. The number of aromatic nitrogens is 3. The van der Waals surface area contributed by atoms with E-state index in [-0.39, 0.29) is 11.7 Å². The van der Waals surface area contributed by atoms with E-state index in [1.54, 1.807) is 4.57 Å². The maximum absolute atomic E-state index is 12.0. The molecule has 6 nitrogen and oxygen atoms in total. The van der Waals surface area contributed by atoms with Crippen LogP contribution in [0.4, 0.5) is 5.69 Å². The Morgan fingerprint density at radius 2 is 2.14 bits per heavy atom. The summed E-state index contributed by atoms with van der Waals surface area (Å²) in [7, 11) is 1.84. The van der Waals surface area contributed by atoms with Crippen molar-refractivity contribution in [2.45, 2.75) is 25.5 Å². The van der Waals surface area contributed by atoms with Crippen LogP contribution >= 0.6 is 11.8 Å². The minimum Gasteiger partial charge on any atom is -0.325 e. The second kappa shape index (κ2) is 6.73. The fraction of sp³-hybridized carbons (Fsp3) is 0.357. The largest absolute Gasteiger partial charge is 0.325 e. The molecule has 7 heteroatoms. The number of amides is 1. The van der Waals surface area contributed by atoms with Gasteiger partial charge in [0.25, 0.3) is 0 Å². The molecule has 0 fully saturated rings. The summed E-state index contributed by atoms with van der Waals surface area (Å²) in [5, 5.41) is 11.6. The van der Waals surface area contributed by atoms with E-state index in [1.165, 1.54) is 11.8 Å². The number of carbonyl (C=O) groups is 1. The zero-order valence-corrected chi connectivity index (χ0v) is 13.2. The third-order valence-corrected chi connectivity index (χ3v) is 4.13. The maximum atomic E-state index is 12.0. The van der Waals surface area contributed by atoms with Gasteiger partial charge >= 0.3 is 0 Å². The maximum Gasteiger partial charge on any atom is 0.234 e. The number of hydrogen-bond acceptors (Lipinski definition) is 5. The van der Waals surface area contributed by atoms with Crippen LogP contribution in [0.3, 0.4) is 0 Å². The first-order valence-corrected chi connectivity index (χ1v) is 7.58. The minimum atomic E-state index is -0.0639. The van der Waals surface area contributed by atoms with Gasteiger partial charge in [0.2, 0.25) is 5.91 Å². The molecule has 1 amide bonds. The molecule has 1 heterocycles. The molecule has 0 aliphatic rings. The highest BCUT2D eigenvalue weighted by molar-refractivity contribution is 7.99. The van der Waals surface area contributed by atoms with E-state index in [1.807, 2.05) is 39.1 Å². The van der Waals surface area contributed by atoms with Gasteiger partial charge in [-0.05, 0) is 31.0 Å². The molecule has 0 radical (unpaired) electrons. The first kappa shape index (κ1) is 15.5. The first-order chi connectivity index (χ1) is 10.0. The van der Waals surface area contributed by atoms with Crippen LogP contribution < -0.4 is 11.1 Å². The molecular weight excluding hydrogens is 286 g/mol. The number of nitrogens with zero attached hydrogens (tertiary/aromatic N) is 3. The van der Waals surface area contributed by atoms with Gasteiger partial charge in [-0.15, -0.1) is 10.2 Å². The van der Waals surface area contributed by atoms with Crippen LogP contribution in [0.25, 0.3) is 0 Å². The summed E-state index contributed by atoms with van der Waals surface area (Å²) in [6.45, 7) is 4.30. The lowest BCUT2D eigenvalue weighted by Gasteiger charge is -2.09. The minimum absolute atomic E-state index is 0.0639. The van der Waals surface area contributed by atoms with Gasteiger partial charge in [-0.2, -0.15) is 0 Å². The van der Waals surface area contributed by atoms with Crippen LogP contribution in [0.1, 0.15) is 17.0 Å². The topological polar surface area (TPSA) is 85.8 Å². The van der Waals surface area contributed by atoms with Gasteiger partial charge in [0.1, 0.15) is 5.82 Å². The molecule has 3 N–H and O–H groups in total. The molecule has 0 saturated heterocycles. The molecule has 0 atom stereocenters. The van der Waals surface area contributed by atoms with Gasteiger partial charge in [0, 0.05) is 12.7 Å². The summed E-state index contributed by atoms with van der Waals surface area (Å²) in [6.07, 6.45) is 0. The van der Waals surface area contributed by atoms with Gasteiger partial charge in [-0.3, -0.25) is 4.79 Å². The molecule has 0 aliphatic carbocycles. The number of nitrogens with two attached hydrogens (primary N) is 1. The molecular formula is C14H19N5OS. The number of hydrogen-bond donors (Lipinski definition) is 2. The van der Waals surface area contributed by atoms with Gasteiger partial charge in [-0.1, -0.05) is 23.9 Å². The fourth-order valence-electron chi connectivity index (χ4n) is 1.84. The van der Waals surface area contributed by atoms with Gasteiger partial charge in [0.15, 0.2) is 5.16 Å². The predicted octanol–water partition coefficient (Wildman–Crippen LogP) is 1.62. The Morgan fingerprint density at radius 1 is 1.38 bits per heavy atom. The SMILES string of the molecule is Cc1ccc(C)c(NC(=O)CSc2nnc(CN)n2C)c1. The quantitative estimate of drug-likeness (QED) is 0.820. The van der Waals surface area contributed by atoms with E-state index < -0.39 is 0 Å². The molecule has 21 heavy (non-hydrogen) atoms. The Kier molecular flexibility index (Phi) is 4.98. The summed E-state index contributed by atoms with van der Waals surface area (Å²) in [5.74, 6) is 0.919. The normalized spacial score (nSPS) is 10.7. The van der Waals surface area contributed by atoms with Crippen LogP contribution in [0.5, 0.6) is 0 Å². The van der Waals surface area contributed by atoms with E-state index in [4.69, 9.17) is 5.73 Å². The fourth-order valence-corrected chi connectivity index (χ4v) is 2.57. The Labute approximate surface area is 128 Å². The van der Waals surface area contributed by atoms with Crippen molar-refractivity contribution in [1.82, 2.24) is 14.8 Å². The Bertz CT molecular complexity index is 653. The number of thioether (sulfide) groups is 1. The van der Waals surface area contributed by atoms with E-state index >= 15 is 0 Å². The number of benzene rings is 1. The summed E-state index contributed by atoms with van der Waals surface area (Å²) in [4.78, 5) is 12.0. The number of aryl methyl sites for hydroxylation is 2. The van der Waals surface area contributed by atoms with Crippen molar-refractivity contribution in [1.29, 1.82) is 0 Å². The monoisotopic (exact) mass is 305 g/mol. The second-order valence-corrected chi connectivity index (χ2v) is 5.76. The zero-order valence-electron chi connectivity index (χ0n) is 12.4. The molecule has 0 bridgehead atoms. The highest BCUT2D eigenvalue weighted by Gasteiger charge is 2.11. The van der Waals surface area contributed by atoms with Gasteiger partial charge in [0.05, 0.1) is 12.3 Å². The third kappa shape index (κ3) is 3.83. The van der Waals surface area contributed by atoms with Crippen molar-refractivity contribution in [2.75, 3.05) is 11.1 Å². The number of anilines is 1. The molecule has 0 aliphatic heterocycles. The van der Waals surface area contributed by atoms with E-state index in [2.05, 4.69) is 15.5 Å². The van der Waals surface area contributed by atoms with Crippen LogP contribution in [0, 0.1) is 13.8 Å². The van der Waals surface area contributed by atoms with Crippen molar-refractivity contribution < 1.29 is 4.79 Å². The summed E-state index contributed by atoms with van der Waals surface area (Å²) in [6, 6.07) is 5.98. The molecule has 0 unspecified atom stereocenters. The highest BCUT2D eigenvalue weighted by Crippen LogP contribution is 2.19. The molecule has 112 valence electrons. The van der Waals surface area contributed by atoms with Crippen molar-refractivity contribution >= 4 is 23.4 Å². The van der Waals surface area contributed by atoms with E-state index in [0.717, 1.165) is 16.8 Å². The number of carbonyl (C=O) groups excluding carboxylic acids is 1. The zero-order chi connectivity index (χ0) is 15.4. The van der Waals surface area contributed by atoms with E-state index in [0.29, 0.717) is 17.5 Å². The first-order valence-electron chi connectivity index (χ1n) is 6.59. The van der Waals surface area contributed by atoms with Crippen molar-refractivity contribution in [2.24, 2.45) is 12.8 Å². The Balaban J connectivity index is 1.96. The number of nitrogens with one attached hydrogen (secondary N) is 1. The predicted molar refractivity (Wildman–Crippen MR) is 84.2 cm³/mol. The molecule has 1 aromatic heterocycles. The van der Waals surface area contributed by atoms with Crippen molar-refractivity contribution in [3.8, 4) is 0 Å². The molecule has 0 spiro atoms. The summed E-state index contributed by atoms with van der Waals surface area (Å²) < 4.78 is 1.80. The van der Waals surface area contributed by atoms with Crippen LogP contribution in [-0.2, 0) is 18.4 Å². The van der Waals surface area contributed by atoms with Gasteiger partial charge < -0.3 is 15.6 Å². The smallest absolute Gasteiger partial charge is 0.234 e. The van der Waals surface area contributed by atoms with Crippen LogP contribution in [-0.4, -0.2) is 26.4 Å². The third-order valence-electron chi connectivity index (χ3n) is 3.11. The summed E-state index contributed by atoms with van der Waals surface area (Å²) >= 11 is 1.34.